The fraction of sp³-hybridized carbons (Fsp3) is 0.417. The maximum Gasteiger partial charge on any atom is 0.252 e. The quantitative estimate of drug-likeness (QED) is 0.470. The van der Waals surface area contributed by atoms with E-state index in [1.54, 1.807) is 18.2 Å². The number of benzene rings is 1. The lowest BCUT2D eigenvalue weighted by atomic mass is 10.1. The van der Waals surface area contributed by atoms with Crippen molar-refractivity contribution in [1.82, 2.24) is 5.43 Å². The second kappa shape index (κ2) is 6.97. The largest absolute Gasteiger partial charge is 0.276 e. The molecule has 0 amide bonds. The molecule has 5 heteroatoms. The average Bonchev–Trinajstić information content (AvgIpc) is 2.21. The van der Waals surface area contributed by atoms with E-state index in [1.807, 2.05) is 27.7 Å². The predicted molar refractivity (Wildman–Crippen MR) is 73.4 cm³/mol. The Bertz CT molecular complexity index is 387. The zero-order valence-electron chi connectivity index (χ0n) is 10.5. The molecule has 0 fully saturated rings. The molecule has 0 spiro atoms. The standard InChI is InChI=1S/C8H6Cl2O.C4H12N2/c1-5-2-3-6(8(10)11)4-7(5)9;1-4(2,3)6-5/h2-4H,1H3;6H,5H2,1-3H3. The average molecular weight is 277 g/mol. The SMILES string of the molecule is CC(C)(C)NN.Cc1ccc(C(=O)Cl)cc1Cl. The lowest BCUT2D eigenvalue weighted by Gasteiger charge is -2.14. The highest BCUT2D eigenvalue weighted by atomic mass is 35.5. The van der Waals surface area contributed by atoms with Crippen LogP contribution in [0, 0.1) is 6.92 Å². The van der Waals surface area contributed by atoms with Gasteiger partial charge in [0.25, 0.3) is 5.24 Å². The van der Waals surface area contributed by atoms with Crippen molar-refractivity contribution in [3.05, 3.63) is 34.3 Å². The van der Waals surface area contributed by atoms with Crippen molar-refractivity contribution in [2.24, 2.45) is 5.84 Å². The minimum Gasteiger partial charge on any atom is -0.276 e. The molecule has 0 saturated carbocycles. The number of hydrogen-bond acceptors (Lipinski definition) is 3. The fourth-order valence-electron chi connectivity index (χ4n) is 0.715. The molecule has 0 aliphatic carbocycles. The molecule has 0 aliphatic rings. The molecule has 0 aromatic heterocycles. The minimum atomic E-state index is -0.480. The zero-order chi connectivity index (χ0) is 13.6. The third kappa shape index (κ3) is 7.34. The zero-order valence-corrected chi connectivity index (χ0v) is 12.0. The van der Waals surface area contributed by atoms with Crippen LogP contribution < -0.4 is 11.3 Å². The Kier molecular flexibility index (Phi) is 6.72. The Labute approximate surface area is 112 Å². The topological polar surface area (TPSA) is 55.1 Å². The van der Waals surface area contributed by atoms with Gasteiger partial charge >= 0.3 is 0 Å². The molecule has 17 heavy (non-hydrogen) atoms. The van der Waals surface area contributed by atoms with E-state index in [-0.39, 0.29) is 5.54 Å². The summed E-state index contributed by atoms with van der Waals surface area (Å²) in [7, 11) is 0. The van der Waals surface area contributed by atoms with Gasteiger partial charge in [0.15, 0.2) is 0 Å². The monoisotopic (exact) mass is 276 g/mol. The van der Waals surface area contributed by atoms with Gasteiger partial charge in [-0.2, -0.15) is 0 Å². The van der Waals surface area contributed by atoms with E-state index in [1.165, 1.54) is 0 Å². The molecule has 96 valence electrons. The van der Waals surface area contributed by atoms with Gasteiger partial charge in [-0.1, -0.05) is 17.7 Å². The first-order chi connectivity index (χ1) is 7.67. The molecule has 0 saturated heterocycles. The lowest BCUT2D eigenvalue weighted by Crippen LogP contribution is -2.41. The molecular formula is C12H18Cl2N2O. The molecule has 0 aliphatic heterocycles. The first kappa shape index (κ1) is 16.4. The third-order valence-electron chi connectivity index (χ3n) is 1.83. The van der Waals surface area contributed by atoms with Gasteiger partial charge in [0.2, 0.25) is 0 Å². The van der Waals surface area contributed by atoms with Gasteiger partial charge in [0.1, 0.15) is 0 Å². The third-order valence-corrected chi connectivity index (χ3v) is 2.46. The van der Waals surface area contributed by atoms with Crippen molar-refractivity contribution in [1.29, 1.82) is 0 Å². The molecule has 0 unspecified atom stereocenters. The molecule has 3 N–H and O–H groups in total. The van der Waals surface area contributed by atoms with Crippen molar-refractivity contribution in [2.45, 2.75) is 33.2 Å². The van der Waals surface area contributed by atoms with E-state index < -0.39 is 5.24 Å². The summed E-state index contributed by atoms with van der Waals surface area (Å²) in [4.78, 5) is 10.6. The van der Waals surface area contributed by atoms with Gasteiger partial charge in [-0.25, -0.2) is 0 Å². The molecule has 3 nitrogen and oxygen atoms in total. The highest BCUT2D eigenvalue weighted by molar-refractivity contribution is 6.67. The number of carbonyl (C=O) groups is 1. The molecule has 0 atom stereocenters. The van der Waals surface area contributed by atoms with Crippen molar-refractivity contribution in [2.75, 3.05) is 0 Å². The number of carbonyl (C=O) groups excluding carboxylic acids is 1. The summed E-state index contributed by atoms with van der Waals surface area (Å²) in [6.07, 6.45) is 0. The minimum absolute atomic E-state index is 0.0694. The summed E-state index contributed by atoms with van der Waals surface area (Å²) in [5.41, 5.74) is 4.04. The van der Waals surface area contributed by atoms with Crippen LogP contribution in [0.5, 0.6) is 0 Å². The van der Waals surface area contributed by atoms with Crippen LogP contribution in [0.15, 0.2) is 18.2 Å². The van der Waals surface area contributed by atoms with E-state index in [0.29, 0.717) is 10.6 Å². The summed E-state index contributed by atoms with van der Waals surface area (Å²) in [5, 5.41) is 0.0865. The predicted octanol–water partition coefficient (Wildman–Crippen LogP) is 3.28. The van der Waals surface area contributed by atoms with Gasteiger partial charge in [-0.15, -0.1) is 0 Å². The van der Waals surface area contributed by atoms with Gasteiger partial charge in [-0.05, 0) is 57.0 Å². The van der Waals surface area contributed by atoms with Crippen LogP contribution in [0.1, 0.15) is 36.7 Å². The highest BCUT2D eigenvalue weighted by Crippen LogP contribution is 2.17. The fourth-order valence-corrected chi connectivity index (χ4v) is 1.01. The maximum atomic E-state index is 10.6. The number of rotatable bonds is 1. The Morgan fingerprint density at radius 3 is 2.12 bits per heavy atom. The van der Waals surface area contributed by atoms with Crippen LogP contribution in [0.3, 0.4) is 0 Å². The Morgan fingerprint density at radius 1 is 1.35 bits per heavy atom. The van der Waals surface area contributed by atoms with E-state index in [9.17, 15) is 4.79 Å². The van der Waals surface area contributed by atoms with E-state index in [0.717, 1.165) is 5.56 Å². The lowest BCUT2D eigenvalue weighted by molar-refractivity contribution is 0.108. The molecular weight excluding hydrogens is 259 g/mol. The number of halogens is 2. The Hall–Kier alpha value is -0.610. The maximum absolute atomic E-state index is 10.6. The smallest absolute Gasteiger partial charge is 0.252 e. The van der Waals surface area contributed by atoms with Crippen molar-refractivity contribution < 1.29 is 4.79 Å². The molecule has 1 aromatic carbocycles. The van der Waals surface area contributed by atoms with Crippen LogP contribution >= 0.6 is 23.2 Å². The van der Waals surface area contributed by atoms with Crippen LogP contribution in [-0.4, -0.2) is 10.8 Å². The number of nitrogens with one attached hydrogen (secondary N) is 1. The molecule has 1 aromatic rings. The number of hydrazine groups is 1. The summed E-state index contributed by atoms with van der Waals surface area (Å²) in [6.45, 7) is 7.89. The van der Waals surface area contributed by atoms with Crippen molar-refractivity contribution >= 4 is 28.4 Å². The van der Waals surface area contributed by atoms with E-state index in [2.05, 4.69) is 5.43 Å². The van der Waals surface area contributed by atoms with Crippen molar-refractivity contribution in [3.63, 3.8) is 0 Å². The Balaban J connectivity index is 0.000000366. The molecule has 1 rings (SSSR count). The summed E-state index contributed by atoms with van der Waals surface area (Å²) < 4.78 is 0. The van der Waals surface area contributed by atoms with Crippen LogP contribution in [0.25, 0.3) is 0 Å². The number of hydrogen-bond donors (Lipinski definition) is 2. The second-order valence-electron chi connectivity index (χ2n) is 4.63. The van der Waals surface area contributed by atoms with Gasteiger partial charge in [0, 0.05) is 16.1 Å². The Morgan fingerprint density at radius 2 is 1.82 bits per heavy atom. The summed E-state index contributed by atoms with van der Waals surface area (Å²) in [5.74, 6) is 5.06. The van der Waals surface area contributed by atoms with Crippen LogP contribution in [-0.2, 0) is 0 Å². The van der Waals surface area contributed by atoms with Gasteiger partial charge < -0.3 is 0 Å². The molecule has 0 bridgehead atoms. The molecule has 0 radical (unpaired) electrons. The van der Waals surface area contributed by atoms with Gasteiger partial charge in [-0.3, -0.25) is 16.1 Å². The van der Waals surface area contributed by atoms with Crippen LogP contribution in [0.4, 0.5) is 0 Å². The highest BCUT2D eigenvalue weighted by Gasteiger charge is 2.03. The van der Waals surface area contributed by atoms with E-state index >= 15 is 0 Å². The molecule has 0 heterocycles. The van der Waals surface area contributed by atoms with Gasteiger partial charge in [0.05, 0.1) is 0 Å². The van der Waals surface area contributed by atoms with E-state index in [4.69, 9.17) is 29.0 Å². The summed E-state index contributed by atoms with van der Waals surface area (Å²) >= 11 is 11.0. The number of aryl methyl sites for hydroxylation is 1. The normalized spacial score (nSPS) is 10.5. The van der Waals surface area contributed by atoms with Crippen molar-refractivity contribution in [3.8, 4) is 0 Å². The summed E-state index contributed by atoms with van der Waals surface area (Å²) in [6, 6.07) is 4.97. The van der Waals surface area contributed by atoms with Crippen LogP contribution in [0.2, 0.25) is 5.02 Å². The second-order valence-corrected chi connectivity index (χ2v) is 5.38. The first-order valence-corrected chi connectivity index (χ1v) is 5.86. The number of nitrogens with two attached hydrogens (primary N) is 1. The first-order valence-electron chi connectivity index (χ1n) is 5.11.